The first-order valence-corrected chi connectivity index (χ1v) is 8.29. The molecular weight excluding hydrogens is 310 g/mol. The Morgan fingerprint density at radius 1 is 0.917 bits per heavy atom. The van der Waals surface area contributed by atoms with E-state index in [1.165, 1.54) is 0 Å². The van der Waals surface area contributed by atoms with Gasteiger partial charge in [0.1, 0.15) is 12.1 Å². The van der Waals surface area contributed by atoms with Crippen LogP contribution in [0.3, 0.4) is 0 Å². The molecule has 0 saturated carbocycles. The van der Waals surface area contributed by atoms with Gasteiger partial charge in [0.05, 0.1) is 0 Å². The van der Waals surface area contributed by atoms with Crippen LogP contribution in [0.15, 0.2) is 12.2 Å². The summed E-state index contributed by atoms with van der Waals surface area (Å²) in [7, 11) is 0. The molecule has 8 heteroatoms. The zero-order valence-corrected chi connectivity index (χ0v) is 14.5. The number of hydrogen-bond donors (Lipinski definition) is 5. The summed E-state index contributed by atoms with van der Waals surface area (Å²) >= 11 is 0. The summed E-state index contributed by atoms with van der Waals surface area (Å²) in [5.41, 5.74) is 16.5. The van der Waals surface area contributed by atoms with Gasteiger partial charge < -0.3 is 27.8 Å². The highest BCUT2D eigenvalue weighted by Crippen LogP contribution is 2.05. The van der Waals surface area contributed by atoms with Crippen molar-refractivity contribution >= 4 is 17.7 Å². The van der Waals surface area contributed by atoms with Crippen LogP contribution in [0, 0.1) is 0 Å². The lowest BCUT2D eigenvalue weighted by atomic mass is 10.1. The van der Waals surface area contributed by atoms with E-state index in [2.05, 4.69) is 17.2 Å². The minimum Gasteiger partial charge on any atom is -0.368 e. The molecule has 0 spiro atoms. The second-order valence-corrected chi connectivity index (χ2v) is 5.84. The Morgan fingerprint density at radius 2 is 1.42 bits per heavy atom. The van der Waals surface area contributed by atoms with Gasteiger partial charge in [-0.15, -0.1) is 0 Å². The molecule has 0 heterocycles. The molecule has 2 unspecified atom stereocenters. The molecular formula is C16H31N5O3. The maximum atomic E-state index is 12.4. The van der Waals surface area contributed by atoms with Crippen LogP contribution in [0.25, 0.3) is 0 Å². The van der Waals surface area contributed by atoms with Gasteiger partial charge in [-0.25, -0.2) is 0 Å². The molecule has 0 bridgehead atoms. The average molecular weight is 341 g/mol. The van der Waals surface area contributed by atoms with Crippen molar-refractivity contribution < 1.29 is 14.4 Å². The van der Waals surface area contributed by atoms with Crippen LogP contribution in [0.2, 0.25) is 0 Å². The molecule has 3 amide bonds. The number of nitrogens with two attached hydrogens (primary N) is 3. The van der Waals surface area contributed by atoms with Crippen molar-refractivity contribution in [3.63, 3.8) is 0 Å². The topological polar surface area (TPSA) is 153 Å². The summed E-state index contributed by atoms with van der Waals surface area (Å²) in [6, 6.07) is -1.53. The fraction of sp³-hybridized carbons (Fsp3) is 0.688. The van der Waals surface area contributed by atoms with E-state index in [0.717, 1.165) is 12.8 Å². The standard InChI is InChI=1S/C16H31N5O3/c1-11(2)15(23)21-13(8-4-6-10-18)16(24)20-12(14(19)22)7-3-5-9-17/h12-13H,1,3-10,17-18H2,2H3,(H2,19,22)(H,20,24)(H,21,23). The third-order valence-corrected chi connectivity index (χ3v) is 3.56. The molecule has 0 aliphatic carbocycles. The minimum absolute atomic E-state index is 0.307. The zero-order valence-electron chi connectivity index (χ0n) is 14.5. The van der Waals surface area contributed by atoms with Gasteiger partial charge in [-0.05, 0) is 58.5 Å². The lowest BCUT2D eigenvalue weighted by Gasteiger charge is -2.22. The van der Waals surface area contributed by atoms with Crippen molar-refractivity contribution in [3.8, 4) is 0 Å². The van der Waals surface area contributed by atoms with E-state index in [4.69, 9.17) is 17.2 Å². The van der Waals surface area contributed by atoms with Crippen molar-refractivity contribution in [1.82, 2.24) is 10.6 Å². The first-order valence-electron chi connectivity index (χ1n) is 8.29. The largest absolute Gasteiger partial charge is 0.368 e. The van der Waals surface area contributed by atoms with Crippen LogP contribution in [0.1, 0.15) is 45.4 Å². The highest BCUT2D eigenvalue weighted by atomic mass is 16.2. The molecule has 0 radical (unpaired) electrons. The molecule has 138 valence electrons. The predicted molar refractivity (Wildman–Crippen MR) is 93.7 cm³/mol. The molecule has 8 nitrogen and oxygen atoms in total. The van der Waals surface area contributed by atoms with Crippen LogP contribution in [-0.2, 0) is 14.4 Å². The Bertz CT molecular complexity index is 439. The number of nitrogens with one attached hydrogen (secondary N) is 2. The molecule has 0 aromatic carbocycles. The monoisotopic (exact) mass is 341 g/mol. The zero-order chi connectivity index (χ0) is 18.5. The molecule has 0 aliphatic rings. The Hall–Kier alpha value is -1.93. The third-order valence-electron chi connectivity index (χ3n) is 3.56. The van der Waals surface area contributed by atoms with Gasteiger partial charge in [-0.2, -0.15) is 0 Å². The van der Waals surface area contributed by atoms with Crippen LogP contribution in [0.5, 0.6) is 0 Å². The number of rotatable bonds is 13. The summed E-state index contributed by atoms with van der Waals surface area (Å²) < 4.78 is 0. The first kappa shape index (κ1) is 22.1. The van der Waals surface area contributed by atoms with Gasteiger partial charge in [0.25, 0.3) is 0 Å². The maximum Gasteiger partial charge on any atom is 0.246 e. The fourth-order valence-corrected chi connectivity index (χ4v) is 2.09. The Morgan fingerprint density at radius 3 is 1.83 bits per heavy atom. The van der Waals surface area contributed by atoms with Crippen molar-refractivity contribution in [3.05, 3.63) is 12.2 Å². The predicted octanol–water partition coefficient (Wildman–Crippen LogP) is -0.725. The average Bonchev–Trinajstić information content (AvgIpc) is 2.52. The number of amides is 3. The Balaban J connectivity index is 4.81. The van der Waals surface area contributed by atoms with Gasteiger partial charge in [-0.1, -0.05) is 6.58 Å². The van der Waals surface area contributed by atoms with Crippen LogP contribution in [-0.4, -0.2) is 42.9 Å². The van der Waals surface area contributed by atoms with Gasteiger partial charge in [0, 0.05) is 5.57 Å². The van der Waals surface area contributed by atoms with Crippen LogP contribution in [0.4, 0.5) is 0 Å². The summed E-state index contributed by atoms with van der Waals surface area (Å²) in [4.78, 5) is 35.7. The number of carbonyl (C=O) groups is 3. The van der Waals surface area contributed by atoms with E-state index in [1.54, 1.807) is 6.92 Å². The number of carbonyl (C=O) groups excluding carboxylic acids is 3. The highest BCUT2D eigenvalue weighted by molar-refractivity contribution is 5.97. The van der Waals surface area contributed by atoms with Crippen molar-refractivity contribution in [2.45, 2.75) is 57.5 Å². The van der Waals surface area contributed by atoms with E-state index in [-0.39, 0.29) is 0 Å². The van der Waals surface area contributed by atoms with Gasteiger partial charge in [0.2, 0.25) is 17.7 Å². The van der Waals surface area contributed by atoms with E-state index in [0.29, 0.717) is 44.3 Å². The molecule has 0 saturated heterocycles. The maximum absolute atomic E-state index is 12.4. The lowest BCUT2D eigenvalue weighted by molar-refractivity contribution is -0.130. The molecule has 0 aliphatic heterocycles. The summed E-state index contributed by atoms with van der Waals surface area (Å²) in [5.74, 6) is -1.44. The minimum atomic E-state index is -0.775. The van der Waals surface area contributed by atoms with Crippen molar-refractivity contribution in [2.75, 3.05) is 13.1 Å². The van der Waals surface area contributed by atoms with E-state index >= 15 is 0 Å². The quantitative estimate of drug-likeness (QED) is 0.221. The van der Waals surface area contributed by atoms with E-state index in [9.17, 15) is 14.4 Å². The summed E-state index contributed by atoms with van der Waals surface area (Å²) in [6.45, 7) is 6.13. The lowest BCUT2D eigenvalue weighted by Crippen LogP contribution is -2.53. The van der Waals surface area contributed by atoms with Crippen LogP contribution < -0.4 is 27.8 Å². The molecule has 0 aromatic heterocycles. The SMILES string of the molecule is C=C(C)C(=O)NC(CCCCN)C(=O)NC(CCCCN)C(N)=O. The third kappa shape index (κ3) is 9.26. The first-order chi connectivity index (χ1) is 11.3. The second-order valence-electron chi connectivity index (χ2n) is 5.84. The second kappa shape index (κ2) is 12.5. The van der Waals surface area contributed by atoms with Gasteiger partial charge in [-0.3, -0.25) is 14.4 Å². The number of unbranched alkanes of at least 4 members (excludes halogenated alkanes) is 2. The highest BCUT2D eigenvalue weighted by Gasteiger charge is 2.25. The smallest absolute Gasteiger partial charge is 0.246 e. The molecule has 8 N–H and O–H groups in total. The molecule has 0 rings (SSSR count). The molecule has 24 heavy (non-hydrogen) atoms. The number of hydrogen-bond acceptors (Lipinski definition) is 5. The Labute approximate surface area is 143 Å². The van der Waals surface area contributed by atoms with E-state index < -0.39 is 29.8 Å². The van der Waals surface area contributed by atoms with Gasteiger partial charge >= 0.3 is 0 Å². The van der Waals surface area contributed by atoms with Gasteiger partial charge in [0.15, 0.2) is 0 Å². The van der Waals surface area contributed by atoms with Crippen molar-refractivity contribution in [2.24, 2.45) is 17.2 Å². The number of primary amides is 1. The normalized spacial score (nSPS) is 13.0. The van der Waals surface area contributed by atoms with Crippen LogP contribution >= 0.6 is 0 Å². The molecule has 0 fully saturated rings. The van der Waals surface area contributed by atoms with Crippen molar-refractivity contribution in [1.29, 1.82) is 0 Å². The van der Waals surface area contributed by atoms with E-state index in [1.807, 2.05) is 0 Å². The molecule has 2 atom stereocenters. The summed E-state index contributed by atoms with van der Waals surface area (Å²) in [5, 5.41) is 5.24. The fourth-order valence-electron chi connectivity index (χ4n) is 2.09. The Kier molecular flexibility index (Phi) is 11.5. The molecule has 0 aromatic rings. The summed E-state index contributed by atoms with van der Waals surface area (Å²) in [6.07, 6.45) is 3.69.